The van der Waals surface area contributed by atoms with Crippen molar-refractivity contribution in [2.24, 2.45) is 5.92 Å². The number of anilines is 2. The summed E-state index contributed by atoms with van der Waals surface area (Å²) in [6, 6.07) is 3.63. The van der Waals surface area contributed by atoms with Gasteiger partial charge in [-0.1, -0.05) is 19.3 Å². The monoisotopic (exact) mass is 262 g/mol. The molecular weight excluding hydrogens is 240 g/mol. The van der Waals surface area contributed by atoms with Crippen molar-refractivity contribution in [1.82, 2.24) is 10.3 Å². The fraction of sp³-hybridized carbons (Fsp3) is 0.571. The molecule has 1 saturated carbocycles. The molecule has 1 fully saturated rings. The van der Waals surface area contributed by atoms with Crippen LogP contribution < -0.4 is 16.4 Å². The van der Waals surface area contributed by atoms with E-state index in [1.807, 2.05) is 6.07 Å². The molecule has 19 heavy (non-hydrogen) atoms. The van der Waals surface area contributed by atoms with Crippen LogP contribution in [0.15, 0.2) is 18.3 Å². The summed E-state index contributed by atoms with van der Waals surface area (Å²) in [5, 5.41) is 6.13. The molecule has 0 spiro atoms. The van der Waals surface area contributed by atoms with Crippen molar-refractivity contribution in [2.45, 2.75) is 32.1 Å². The third-order valence-corrected chi connectivity index (χ3v) is 3.49. The minimum Gasteiger partial charge on any atom is -0.397 e. The predicted octanol–water partition coefficient (Wildman–Crippen LogP) is 1.77. The largest absolute Gasteiger partial charge is 0.397 e. The number of carbonyl (C=O) groups excluding carboxylic acids is 1. The van der Waals surface area contributed by atoms with Crippen molar-refractivity contribution in [3.8, 4) is 0 Å². The minimum atomic E-state index is 0.201. The van der Waals surface area contributed by atoms with Gasteiger partial charge in [0, 0.05) is 19.0 Å². The van der Waals surface area contributed by atoms with E-state index in [9.17, 15) is 4.79 Å². The topological polar surface area (TPSA) is 80.0 Å². The number of pyridine rings is 1. The van der Waals surface area contributed by atoms with Crippen LogP contribution in [0.3, 0.4) is 0 Å². The SMILES string of the molecule is Nc1ccc(NCCNC(=O)C2CCCCC2)nc1. The Morgan fingerprint density at radius 2 is 2.05 bits per heavy atom. The van der Waals surface area contributed by atoms with E-state index in [2.05, 4.69) is 15.6 Å². The number of aromatic nitrogens is 1. The van der Waals surface area contributed by atoms with Gasteiger partial charge in [-0.05, 0) is 25.0 Å². The van der Waals surface area contributed by atoms with Crippen molar-refractivity contribution < 1.29 is 4.79 Å². The Balaban J connectivity index is 1.63. The number of rotatable bonds is 5. The number of carbonyl (C=O) groups is 1. The maximum Gasteiger partial charge on any atom is 0.223 e. The fourth-order valence-corrected chi connectivity index (χ4v) is 2.40. The molecule has 5 nitrogen and oxygen atoms in total. The number of hydrogen-bond acceptors (Lipinski definition) is 4. The third kappa shape index (κ3) is 4.43. The molecule has 1 amide bonds. The Bertz CT molecular complexity index is 398. The first kappa shape index (κ1) is 13.6. The van der Waals surface area contributed by atoms with E-state index in [4.69, 9.17) is 5.73 Å². The fourth-order valence-electron chi connectivity index (χ4n) is 2.40. The summed E-state index contributed by atoms with van der Waals surface area (Å²) in [5.41, 5.74) is 6.21. The standard InChI is InChI=1S/C14H22N4O/c15-12-6-7-13(18-10-12)16-8-9-17-14(19)11-4-2-1-3-5-11/h6-7,10-11H,1-5,8-9,15H2,(H,16,18)(H,17,19). The van der Waals surface area contributed by atoms with Crippen LogP contribution in [0.4, 0.5) is 11.5 Å². The first-order valence-corrected chi connectivity index (χ1v) is 6.99. The number of nitrogen functional groups attached to an aromatic ring is 1. The van der Waals surface area contributed by atoms with Gasteiger partial charge in [0.2, 0.25) is 5.91 Å². The van der Waals surface area contributed by atoms with Gasteiger partial charge in [-0.15, -0.1) is 0 Å². The zero-order valence-corrected chi connectivity index (χ0v) is 11.2. The van der Waals surface area contributed by atoms with Crippen LogP contribution in [0.5, 0.6) is 0 Å². The van der Waals surface area contributed by atoms with Gasteiger partial charge in [-0.25, -0.2) is 4.98 Å². The maximum atomic E-state index is 11.9. The normalized spacial score (nSPS) is 16.0. The second-order valence-electron chi connectivity index (χ2n) is 5.03. The van der Waals surface area contributed by atoms with E-state index in [0.717, 1.165) is 18.7 Å². The minimum absolute atomic E-state index is 0.201. The van der Waals surface area contributed by atoms with E-state index in [1.54, 1.807) is 12.3 Å². The molecule has 1 aromatic rings. The lowest BCUT2D eigenvalue weighted by molar-refractivity contribution is -0.125. The van der Waals surface area contributed by atoms with Gasteiger partial charge in [-0.3, -0.25) is 4.79 Å². The third-order valence-electron chi connectivity index (χ3n) is 3.49. The molecule has 0 unspecified atom stereocenters. The molecule has 104 valence electrons. The van der Waals surface area contributed by atoms with E-state index in [1.165, 1.54) is 19.3 Å². The zero-order chi connectivity index (χ0) is 13.5. The Morgan fingerprint density at radius 1 is 1.26 bits per heavy atom. The highest BCUT2D eigenvalue weighted by molar-refractivity contribution is 5.78. The highest BCUT2D eigenvalue weighted by Gasteiger charge is 2.20. The molecule has 1 aromatic heterocycles. The van der Waals surface area contributed by atoms with Crippen LogP contribution in [0, 0.1) is 5.92 Å². The second kappa shape index (κ2) is 6.97. The first-order valence-electron chi connectivity index (χ1n) is 6.99. The van der Waals surface area contributed by atoms with Gasteiger partial charge in [0.25, 0.3) is 0 Å². The lowest BCUT2D eigenvalue weighted by atomic mass is 9.89. The molecule has 0 saturated heterocycles. The van der Waals surface area contributed by atoms with E-state index in [0.29, 0.717) is 18.8 Å². The van der Waals surface area contributed by atoms with Gasteiger partial charge >= 0.3 is 0 Å². The molecule has 0 bridgehead atoms. The summed E-state index contributed by atoms with van der Waals surface area (Å²) in [7, 11) is 0. The number of nitrogens with two attached hydrogens (primary N) is 1. The van der Waals surface area contributed by atoms with Crippen LogP contribution in [-0.4, -0.2) is 24.0 Å². The van der Waals surface area contributed by atoms with Crippen molar-refractivity contribution in [3.63, 3.8) is 0 Å². The van der Waals surface area contributed by atoms with Gasteiger partial charge < -0.3 is 16.4 Å². The summed E-state index contributed by atoms with van der Waals surface area (Å²) >= 11 is 0. The molecule has 0 radical (unpaired) electrons. The first-order chi connectivity index (χ1) is 9.25. The summed E-state index contributed by atoms with van der Waals surface area (Å²) < 4.78 is 0. The summed E-state index contributed by atoms with van der Waals surface area (Å²) in [6.07, 6.45) is 7.34. The van der Waals surface area contributed by atoms with Crippen molar-refractivity contribution in [3.05, 3.63) is 18.3 Å². The van der Waals surface area contributed by atoms with E-state index in [-0.39, 0.29) is 11.8 Å². The van der Waals surface area contributed by atoms with E-state index >= 15 is 0 Å². The van der Waals surface area contributed by atoms with Crippen molar-refractivity contribution in [1.29, 1.82) is 0 Å². The average molecular weight is 262 g/mol. The summed E-state index contributed by atoms with van der Waals surface area (Å²) in [4.78, 5) is 16.0. The lowest BCUT2D eigenvalue weighted by Gasteiger charge is -2.20. The predicted molar refractivity (Wildman–Crippen MR) is 76.7 cm³/mol. The Morgan fingerprint density at radius 3 is 2.74 bits per heavy atom. The summed E-state index contributed by atoms with van der Waals surface area (Å²) in [5.74, 6) is 1.20. The Kier molecular flexibility index (Phi) is 5.01. The number of amides is 1. The summed E-state index contributed by atoms with van der Waals surface area (Å²) in [6.45, 7) is 1.30. The molecule has 1 heterocycles. The highest BCUT2D eigenvalue weighted by atomic mass is 16.1. The smallest absolute Gasteiger partial charge is 0.223 e. The van der Waals surface area contributed by atoms with Crippen LogP contribution in [-0.2, 0) is 4.79 Å². The number of nitrogens with zero attached hydrogens (tertiary/aromatic N) is 1. The Labute approximate surface area is 114 Å². The van der Waals surface area contributed by atoms with Crippen LogP contribution in [0.2, 0.25) is 0 Å². The highest BCUT2D eigenvalue weighted by Crippen LogP contribution is 2.23. The molecule has 1 aliphatic rings. The van der Waals surface area contributed by atoms with Crippen molar-refractivity contribution in [2.75, 3.05) is 24.1 Å². The second-order valence-corrected chi connectivity index (χ2v) is 5.03. The van der Waals surface area contributed by atoms with Gasteiger partial charge in [0.1, 0.15) is 5.82 Å². The molecule has 2 rings (SSSR count). The number of hydrogen-bond donors (Lipinski definition) is 3. The zero-order valence-electron chi connectivity index (χ0n) is 11.2. The molecule has 0 aliphatic heterocycles. The van der Waals surface area contributed by atoms with Crippen molar-refractivity contribution >= 4 is 17.4 Å². The van der Waals surface area contributed by atoms with Gasteiger partial charge in [-0.2, -0.15) is 0 Å². The van der Waals surface area contributed by atoms with E-state index < -0.39 is 0 Å². The quantitative estimate of drug-likeness (QED) is 0.707. The number of nitrogens with one attached hydrogen (secondary N) is 2. The molecule has 1 aliphatic carbocycles. The maximum absolute atomic E-state index is 11.9. The molecular formula is C14H22N4O. The van der Waals surface area contributed by atoms with Gasteiger partial charge in [0.05, 0.1) is 11.9 Å². The molecule has 5 heteroatoms. The Hall–Kier alpha value is -1.78. The van der Waals surface area contributed by atoms with Crippen LogP contribution in [0.1, 0.15) is 32.1 Å². The molecule has 4 N–H and O–H groups in total. The lowest BCUT2D eigenvalue weighted by Crippen LogP contribution is -2.35. The average Bonchev–Trinajstić information content (AvgIpc) is 2.46. The van der Waals surface area contributed by atoms with Crippen LogP contribution in [0.25, 0.3) is 0 Å². The van der Waals surface area contributed by atoms with Gasteiger partial charge in [0.15, 0.2) is 0 Å². The molecule has 0 aromatic carbocycles. The van der Waals surface area contributed by atoms with Crippen LogP contribution >= 0.6 is 0 Å². The molecule has 0 atom stereocenters.